The van der Waals surface area contributed by atoms with Crippen molar-refractivity contribution >= 4 is 34.8 Å². The van der Waals surface area contributed by atoms with E-state index in [2.05, 4.69) is 5.32 Å². The Morgan fingerprint density at radius 2 is 2.00 bits per heavy atom. The zero-order valence-electron chi connectivity index (χ0n) is 15.1. The predicted molar refractivity (Wildman–Crippen MR) is 109 cm³/mol. The Morgan fingerprint density at radius 3 is 2.70 bits per heavy atom. The van der Waals surface area contributed by atoms with Crippen molar-refractivity contribution in [2.24, 2.45) is 0 Å². The molecule has 7 heteroatoms. The van der Waals surface area contributed by atoms with Crippen molar-refractivity contribution in [2.45, 2.75) is 32.1 Å². The third-order valence-corrected chi connectivity index (χ3v) is 5.27. The summed E-state index contributed by atoms with van der Waals surface area (Å²) in [5.41, 5.74) is 1.84. The predicted octanol–water partition coefficient (Wildman–Crippen LogP) is 5.50. The lowest BCUT2D eigenvalue weighted by Crippen LogP contribution is -2.25. The van der Waals surface area contributed by atoms with Crippen LogP contribution in [0.5, 0.6) is 11.5 Å². The average molecular weight is 431 g/mol. The molecule has 1 saturated heterocycles. The van der Waals surface area contributed by atoms with Crippen molar-refractivity contribution < 1.29 is 14.2 Å². The van der Waals surface area contributed by atoms with Crippen LogP contribution in [0.4, 0.5) is 0 Å². The van der Waals surface area contributed by atoms with Crippen LogP contribution in [0.2, 0.25) is 15.1 Å². The second kappa shape index (κ2) is 9.85. The molecule has 3 rings (SSSR count). The van der Waals surface area contributed by atoms with E-state index in [1.54, 1.807) is 19.2 Å². The van der Waals surface area contributed by atoms with E-state index in [4.69, 9.17) is 49.0 Å². The summed E-state index contributed by atoms with van der Waals surface area (Å²) in [6.07, 6.45) is 2.54. The molecule has 1 atom stereocenters. The van der Waals surface area contributed by atoms with E-state index in [1.807, 2.05) is 18.2 Å². The number of hydrogen-bond acceptors (Lipinski definition) is 4. The smallest absolute Gasteiger partial charge is 0.180 e. The highest BCUT2D eigenvalue weighted by molar-refractivity contribution is 6.35. The van der Waals surface area contributed by atoms with Crippen LogP contribution in [0.15, 0.2) is 30.3 Å². The van der Waals surface area contributed by atoms with Crippen molar-refractivity contribution in [3.8, 4) is 11.5 Å². The molecule has 0 radical (unpaired) electrons. The topological polar surface area (TPSA) is 39.7 Å². The van der Waals surface area contributed by atoms with E-state index < -0.39 is 0 Å². The van der Waals surface area contributed by atoms with Gasteiger partial charge in [0, 0.05) is 35.3 Å². The van der Waals surface area contributed by atoms with Crippen LogP contribution in [-0.4, -0.2) is 26.4 Å². The van der Waals surface area contributed by atoms with Crippen LogP contribution in [0.3, 0.4) is 0 Å². The van der Waals surface area contributed by atoms with E-state index in [-0.39, 0.29) is 6.61 Å². The third-order valence-electron chi connectivity index (χ3n) is 4.40. The lowest BCUT2D eigenvalue weighted by Gasteiger charge is -2.16. The zero-order valence-corrected chi connectivity index (χ0v) is 17.3. The van der Waals surface area contributed by atoms with Crippen LogP contribution in [0.1, 0.15) is 24.0 Å². The summed E-state index contributed by atoms with van der Waals surface area (Å²) in [6.45, 7) is 2.63. The van der Waals surface area contributed by atoms with Gasteiger partial charge in [0.2, 0.25) is 0 Å². The molecule has 0 aromatic heterocycles. The highest BCUT2D eigenvalue weighted by atomic mass is 35.5. The van der Waals surface area contributed by atoms with E-state index in [0.717, 1.165) is 37.1 Å². The fraction of sp³-hybridized carbons (Fsp3) is 0.400. The number of benzene rings is 2. The molecular formula is C20H22Cl3NO3. The van der Waals surface area contributed by atoms with E-state index in [0.29, 0.717) is 39.2 Å². The van der Waals surface area contributed by atoms with Crippen LogP contribution < -0.4 is 14.8 Å². The summed E-state index contributed by atoms with van der Waals surface area (Å²) < 4.78 is 17.0. The van der Waals surface area contributed by atoms with Gasteiger partial charge in [-0.05, 0) is 42.7 Å². The minimum atomic E-state index is 0.267. The largest absolute Gasteiger partial charge is 0.493 e. The van der Waals surface area contributed by atoms with Gasteiger partial charge in [-0.2, -0.15) is 0 Å². The van der Waals surface area contributed by atoms with Crippen molar-refractivity contribution in [3.63, 3.8) is 0 Å². The Kier molecular flexibility index (Phi) is 7.50. The first-order valence-corrected chi connectivity index (χ1v) is 9.95. The summed E-state index contributed by atoms with van der Waals surface area (Å²) in [6, 6.07) is 9.09. The van der Waals surface area contributed by atoms with Gasteiger partial charge in [0.05, 0.1) is 18.2 Å². The molecule has 1 unspecified atom stereocenters. The van der Waals surface area contributed by atoms with Gasteiger partial charge in [-0.1, -0.05) is 40.9 Å². The number of ether oxygens (including phenoxy) is 3. The van der Waals surface area contributed by atoms with Crippen molar-refractivity contribution in [1.29, 1.82) is 0 Å². The molecule has 0 bridgehead atoms. The molecule has 2 aromatic carbocycles. The molecule has 146 valence electrons. The normalized spacial score (nSPS) is 16.5. The molecule has 0 amide bonds. The van der Waals surface area contributed by atoms with Gasteiger partial charge in [-0.25, -0.2) is 0 Å². The molecule has 0 spiro atoms. The van der Waals surface area contributed by atoms with E-state index >= 15 is 0 Å². The highest BCUT2D eigenvalue weighted by Gasteiger charge is 2.16. The maximum absolute atomic E-state index is 6.44. The number of methoxy groups -OCH3 is 1. The van der Waals surface area contributed by atoms with Crippen molar-refractivity contribution in [3.05, 3.63) is 56.5 Å². The molecule has 1 fully saturated rings. The lowest BCUT2D eigenvalue weighted by molar-refractivity contribution is 0.110. The van der Waals surface area contributed by atoms with Crippen molar-refractivity contribution in [1.82, 2.24) is 5.32 Å². The minimum Gasteiger partial charge on any atom is -0.493 e. The molecule has 27 heavy (non-hydrogen) atoms. The van der Waals surface area contributed by atoms with Gasteiger partial charge >= 0.3 is 0 Å². The second-order valence-electron chi connectivity index (χ2n) is 6.40. The highest BCUT2D eigenvalue weighted by Crippen LogP contribution is 2.37. The summed E-state index contributed by atoms with van der Waals surface area (Å²) in [5.74, 6) is 1.08. The first-order chi connectivity index (χ1) is 13.1. The van der Waals surface area contributed by atoms with Crippen LogP contribution in [-0.2, 0) is 17.9 Å². The first kappa shape index (κ1) is 20.6. The standard InChI is InChI=1S/C20H22Cl3NO3/c1-25-19-8-13(10-24-11-16-3-2-6-26-16)7-18(23)20(19)27-12-14-4-5-15(21)9-17(14)22/h4-5,7-9,16,24H,2-3,6,10-12H2,1H3. The molecule has 0 aliphatic carbocycles. The fourth-order valence-electron chi connectivity index (χ4n) is 2.99. The Morgan fingerprint density at radius 1 is 1.15 bits per heavy atom. The molecule has 1 heterocycles. The summed E-state index contributed by atoms with van der Waals surface area (Å²) in [4.78, 5) is 0. The van der Waals surface area contributed by atoms with Crippen LogP contribution in [0, 0.1) is 0 Å². The molecule has 0 saturated carbocycles. The lowest BCUT2D eigenvalue weighted by atomic mass is 10.2. The van der Waals surface area contributed by atoms with Gasteiger partial charge in [-0.15, -0.1) is 0 Å². The molecule has 4 nitrogen and oxygen atoms in total. The first-order valence-electron chi connectivity index (χ1n) is 8.82. The zero-order chi connectivity index (χ0) is 19.2. The number of rotatable bonds is 8. The molecular weight excluding hydrogens is 409 g/mol. The van der Waals surface area contributed by atoms with Gasteiger partial charge in [0.1, 0.15) is 6.61 Å². The maximum atomic E-state index is 6.44. The summed E-state index contributed by atoms with van der Waals surface area (Å²) in [5, 5.41) is 5.03. The van der Waals surface area contributed by atoms with Crippen LogP contribution >= 0.6 is 34.8 Å². The Labute approximate surface area is 174 Å². The third kappa shape index (κ3) is 5.66. The van der Waals surface area contributed by atoms with Gasteiger partial charge in [-0.3, -0.25) is 0 Å². The summed E-state index contributed by atoms with van der Waals surface area (Å²) in [7, 11) is 1.59. The van der Waals surface area contributed by atoms with Crippen molar-refractivity contribution in [2.75, 3.05) is 20.3 Å². The van der Waals surface area contributed by atoms with E-state index in [9.17, 15) is 0 Å². The molecule has 1 aliphatic heterocycles. The SMILES string of the molecule is COc1cc(CNCC2CCCO2)cc(Cl)c1OCc1ccc(Cl)cc1Cl. The Hall–Kier alpha value is -1.17. The maximum Gasteiger partial charge on any atom is 0.180 e. The number of halogens is 3. The molecule has 2 aromatic rings. The second-order valence-corrected chi connectivity index (χ2v) is 7.65. The quantitative estimate of drug-likeness (QED) is 0.600. The van der Waals surface area contributed by atoms with Crippen LogP contribution in [0.25, 0.3) is 0 Å². The van der Waals surface area contributed by atoms with Gasteiger partial charge in [0.25, 0.3) is 0 Å². The number of hydrogen-bond donors (Lipinski definition) is 1. The number of nitrogens with one attached hydrogen (secondary N) is 1. The average Bonchev–Trinajstić information content (AvgIpc) is 3.15. The van der Waals surface area contributed by atoms with Gasteiger partial charge in [0.15, 0.2) is 11.5 Å². The van der Waals surface area contributed by atoms with E-state index in [1.165, 1.54) is 0 Å². The van der Waals surface area contributed by atoms with Gasteiger partial charge < -0.3 is 19.5 Å². The Balaban J connectivity index is 1.64. The summed E-state index contributed by atoms with van der Waals surface area (Å²) >= 11 is 18.6. The fourth-order valence-corrected chi connectivity index (χ4v) is 3.74. The molecule has 1 N–H and O–H groups in total. The molecule has 1 aliphatic rings. The monoisotopic (exact) mass is 429 g/mol. The Bertz CT molecular complexity index is 779. The minimum absolute atomic E-state index is 0.267.